The Morgan fingerprint density at radius 1 is 1.03 bits per heavy atom. The Kier molecular flexibility index (Phi) is 5.75. The van der Waals surface area contributed by atoms with Crippen molar-refractivity contribution >= 4 is 43.0 Å². The summed E-state index contributed by atoms with van der Waals surface area (Å²) in [5, 5.41) is 3.71. The molecule has 0 atom stereocenters. The molecule has 1 N–H and O–H groups in total. The first kappa shape index (κ1) is 21.0. The Labute approximate surface area is 184 Å². The van der Waals surface area contributed by atoms with E-state index < -0.39 is 9.84 Å². The molecule has 0 fully saturated rings. The molecular formula is C23H20N2O4S2. The quantitative estimate of drug-likeness (QED) is 0.459. The fourth-order valence-corrected chi connectivity index (χ4v) is 4.68. The summed E-state index contributed by atoms with van der Waals surface area (Å²) >= 11 is 1.64. The number of anilines is 1. The fraction of sp³-hybridized carbons (Fsp3) is 0.130. The maximum atomic E-state index is 12.2. The van der Waals surface area contributed by atoms with Gasteiger partial charge in [-0.05, 0) is 73.2 Å². The molecule has 0 saturated heterocycles. The Hall–Kier alpha value is -3.23. The van der Waals surface area contributed by atoms with Crippen LogP contribution >= 0.6 is 11.3 Å². The number of carbonyl (C=O) groups excluding carboxylic acids is 1. The van der Waals surface area contributed by atoms with Crippen LogP contribution in [-0.4, -0.2) is 32.2 Å². The smallest absolute Gasteiger partial charge is 0.262 e. The second kappa shape index (κ2) is 8.49. The van der Waals surface area contributed by atoms with Gasteiger partial charge in [0.2, 0.25) is 0 Å². The maximum absolute atomic E-state index is 12.2. The summed E-state index contributed by atoms with van der Waals surface area (Å²) in [6.45, 7) is 1.88. The van der Waals surface area contributed by atoms with Crippen molar-refractivity contribution in [1.82, 2.24) is 4.98 Å². The molecule has 6 nitrogen and oxygen atoms in total. The van der Waals surface area contributed by atoms with Crippen LogP contribution in [0.15, 0.2) is 71.6 Å². The first-order valence-electron chi connectivity index (χ1n) is 9.48. The third-order valence-corrected chi connectivity index (χ3v) is 6.78. The number of fused-ring (bicyclic) bond motifs is 1. The summed E-state index contributed by atoms with van der Waals surface area (Å²) in [6, 6.07) is 19.6. The van der Waals surface area contributed by atoms with Gasteiger partial charge in [-0.1, -0.05) is 6.07 Å². The number of aromatic nitrogens is 1. The van der Waals surface area contributed by atoms with Gasteiger partial charge in [-0.15, -0.1) is 11.3 Å². The van der Waals surface area contributed by atoms with Crippen LogP contribution in [0.4, 0.5) is 5.69 Å². The molecule has 0 aliphatic carbocycles. The van der Waals surface area contributed by atoms with Gasteiger partial charge in [0, 0.05) is 17.5 Å². The molecule has 0 spiro atoms. The van der Waals surface area contributed by atoms with Crippen LogP contribution in [-0.2, 0) is 14.6 Å². The number of amides is 1. The van der Waals surface area contributed by atoms with Crippen molar-refractivity contribution in [2.75, 3.05) is 18.2 Å². The van der Waals surface area contributed by atoms with E-state index in [1.165, 1.54) is 29.8 Å². The predicted molar refractivity (Wildman–Crippen MR) is 123 cm³/mol. The number of hydrogen-bond acceptors (Lipinski definition) is 6. The first-order valence-corrected chi connectivity index (χ1v) is 12.2. The average molecular weight is 453 g/mol. The van der Waals surface area contributed by atoms with Gasteiger partial charge in [-0.2, -0.15) is 0 Å². The monoisotopic (exact) mass is 452 g/mol. The molecule has 4 rings (SSSR count). The van der Waals surface area contributed by atoms with Gasteiger partial charge in [0.1, 0.15) is 10.8 Å². The maximum Gasteiger partial charge on any atom is 0.262 e. The highest BCUT2D eigenvalue weighted by molar-refractivity contribution is 7.90. The van der Waals surface area contributed by atoms with Crippen LogP contribution in [0.5, 0.6) is 5.75 Å². The second-order valence-electron chi connectivity index (χ2n) is 7.15. The van der Waals surface area contributed by atoms with E-state index in [2.05, 4.69) is 23.3 Å². The van der Waals surface area contributed by atoms with E-state index in [0.717, 1.165) is 27.0 Å². The van der Waals surface area contributed by atoms with Crippen LogP contribution in [0.2, 0.25) is 0 Å². The Morgan fingerprint density at radius 2 is 1.74 bits per heavy atom. The lowest BCUT2D eigenvalue weighted by Gasteiger charge is -2.08. The fourth-order valence-electron chi connectivity index (χ4n) is 2.98. The molecule has 1 aromatic heterocycles. The molecule has 8 heteroatoms. The molecule has 31 heavy (non-hydrogen) atoms. The van der Waals surface area contributed by atoms with Crippen LogP contribution in [0.1, 0.15) is 5.56 Å². The largest absolute Gasteiger partial charge is 0.484 e. The van der Waals surface area contributed by atoms with E-state index in [1.807, 2.05) is 36.4 Å². The van der Waals surface area contributed by atoms with E-state index >= 15 is 0 Å². The number of aryl methyl sites for hydroxylation is 1. The van der Waals surface area contributed by atoms with Gasteiger partial charge in [-0.3, -0.25) is 4.79 Å². The molecule has 1 amide bonds. The highest BCUT2D eigenvalue weighted by Gasteiger charge is 2.09. The van der Waals surface area contributed by atoms with Gasteiger partial charge in [-0.25, -0.2) is 13.4 Å². The lowest BCUT2D eigenvalue weighted by atomic mass is 10.2. The van der Waals surface area contributed by atoms with Gasteiger partial charge in [0.05, 0.1) is 15.1 Å². The van der Waals surface area contributed by atoms with Gasteiger partial charge >= 0.3 is 0 Å². The molecule has 0 unspecified atom stereocenters. The van der Waals surface area contributed by atoms with Crippen molar-refractivity contribution in [3.05, 3.63) is 72.3 Å². The average Bonchev–Trinajstić information content (AvgIpc) is 3.15. The molecule has 0 bridgehead atoms. The number of carbonyl (C=O) groups is 1. The summed E-state index contributed by atoms with van der Waals surface area (Å²) < 4.78 is 29.5. The Balaban J connectivity index is 1.36. The molecule has 4 aromatic rings. The van der Waals surface area contributed by atoms with E-state index in [9.17, 15) is 13.2 Å². The molecule has 0 radical (unpaired) electrons. The van der Waals surface area contributed by atoms with Gasteiger partial charge in [0.25, 0.3) is 5.91 Å². The zero-order valence-corrected chi connectivity index (χ0v) is 18.6. The lowest BCUT2D eigenvalue weighted by molar-refractivity contribution is -0.118. The molecule has 0 aliphatic heterocycles. The lowest BCUT2D eigenvalue weighted by Crippen LogP contribution is -2.20. The second-order valence-corrected chi connectivity index (χ2v) is 10.2. The highest BCUT2D eigenvalue weighted by Crippen LogP contribution is 2.31. The minimum absolute atomic E-state index is 0.183. The summed E-state index contributed by atoms with van der Waals surface area (Å²) in [5.74, 6) is 0.111. The standard InChI is InChI=1S/C23H20N2O4S2/c1-15-3-12-20-21(13-15)30-23(25-20)16-4-6-17(7-5-16)24-22(26)14-29-18-8-10-19(11-9-18)31(2,27)28/h3-13H,14H2,1-2H3,(H,24,26). The highest BCUT2D eigenvalue weighted by atomic mass is 32.2. The molecule has 0 aliphatic rings. The Morgan fingerprint density at radius 3 is 2.42 bits per heavy atom. The summed E-state index contributed by atoms with van der Waals surface area (Å²) in [5.41, 5.74) is 3.82. The minimum Gasteiger partial charge on any atom is -0.484 e. The zero-order chi connectivity index (χ0) is 22.0. The minimum atomic E-state index is -3.26. The van der Waals surface area contributed by atoms with E-state index in [4.69, 9.17) is 4.74 Å². The first-order chi connectivity index (χ1) is 14.8. The van der Waals surface area contributed by atoms with Gasteiger partial charge in [0.15, 0.2) is 16.4 Å². The SMILES string of the molecule is Cc1ccc2nc(-c3ccc(NC(=O)COc4ccc(S(C)(=O)=O)cc4)cc3)sc2c1. The molecule has 158 valence electrons. The number of sulfone groups is 1. The molecule has 3 aromatic carbocycles. The number of nitrogens with zero attached hydrogens (tertiary/aromatic N) is 1. The van der Waals surface area contributed by atoms with Crippen molar-refractivity contribution in [2.45, 2.75) is 11.8 Å². The van der Waals surface area contributed by atoms with Crippen molar-refractivity contribution in [3.63, 3.8) is 0 Å². The van der Waals surface area contributed by atoms with E-state index in [0.29, 0.717) is 11.4 Å². The topological polar surface area (TPSA) is 85.4 Å². The molecule has 1 heterocycles. The Bertz CT molecular complexity index is 1340. The number of ether oxygens (including phenoxy) is 1. The normalized spacial score (nSPS) is 11.4. The van der Waals surface area contributed by atoms with E-state index in [1.54, 1.807) is 11.3 Å². The van der Waals surface area contributed by atoms with Crippen LogP contribution < -0.4 is 10.1 Å². The summed E-state index contributed by atoms with van der Waals surface area (Å²) in [6.07, 6.45) is 1.14. The third-order valence-electron chi connectivity index (χ3n) is 4.58. The summed E-state index contributed by atoms with van der Waals surface area (Å²) in [7, 11) is -3.26. The molecular weight excluding hydrogens is 432 g/mol. The number of hydrogen-bond donors (Lipinski definition) is 1. The number of rotatable bonds is 6. The van der Waals surface area contributed by atoms with Gasteiger partial charge < -0.3 is 10.1 Å². The summed E-state index contributed by atoms with van der Waals surface area (Å²) in [4.78, 5) is 17.0. The van der Waals surface area contributed by atoms with E-state index in [-0.39, 0.29) is 17.4 Å². The third kappa shape index (κ3) is 5.10. The van der Waals surface area contributed by atoms with Crippen LogP contribution in [0, 0.1) is 6.92 Å². The van der Waals surface area contributed by atoms with Crippen LogP contribution in [0.25, 0.3) is 20.8 Å². The number of thiazole rings is 1. The number of nitrogens with one attached hydrogen (secondary N) is 1. The van der Waals surface area contributed by atoms with Crippen molar-refractivity contribution in [1.29, 1.82) is 0 Å². The van der Waals surface area contributed by atoms with Crippen molar-refractivity contribution < 1.29 is 17.9 Å². The van der Waals surface area contributed by atoms with Crippen molar-refractivity contribution in [2.24, 2.45) is 0 Å². The number of benzene rings is 3. The molecule has 0 saturated carbocycles. The zero-order valence-electron chi connectivity index (χ0n) is 17.0. The van der Waals surface area contributed by atoms with Crippen LogP contribution in [0.3, 0.4) is 0 Å². The van der Waals surface area contributed by atoms with Crippen molar-refractivity contribution in [3.8, 4) is 16.3 Å². The predicted octanol–water partition coefficient (Wildman–Crippen LogP) is 4.69.